The molecule has 0 bridgehead atoms. The highest BCUT2D eigenvalue weighted by Crippen LogP contribution is 2.31. The van der Waals surface area contributed by atoms with Gasteiger partial charge in [0.05, 0.1) is 7.11 Å². The average molecular weight is 293 g/mol. The van der Waals surface area contributed by atoms with E-state index >= 15 is 0 Å². The number of Topliss-reactive ketones (excluding diaryl/α,β-unsaturated/α-hetero) is 2. The van der Waals surface area contributed by atoms with Crippen LogP contribution in [0.1, 0.15) is 65.8 Å². The fourth-order valence-corrected chi connectivity index (χ4v) is 2.93. The van der Waals surface area contributed by atoms with Crippen molar-refractivity contribution in [2.75, 3.05) is 7.11 Å². The summed E-state index contributed by atoms with van der Waals surface area (Å²) in [5.74, 6) is -0.753. The highest BCUT2D eigenvalue weighted by atomic mass is 16.5. The summed E-state index contributed by atoms with van der Waals surface area (Å²) >= 11 is 0. The Balaban J connectivity index is 3.71. The Morgan fingerprint density at radius 2 is 1.33 bits per heavy atom. The number of esters is 1. The number of rotatable bonds is 5. The van der Waals surface area contributed by atoms with Crippen molar-refractivity contribution >= 4 is 17.5 Å². The molecule has 5 nitrogen and oxygen atoms in total. The van der Waals surface area contributed by atoms with Crippen LogP contribution >= 0.6 is 0 Å². The number of carbonyl (C=O) groups excluding carboxylic acids is 3. The van der Waals surface area contributed by atoms with Crippen molar-refractivity contribution in [3.63, 3.8) is 0 Å². The third-order valence-corrected chi connectivity index (χ3v) is 3.75. The van der Waals surface area contributed by atoms with E-state index in [1.165, 1.54) is 21.0 Å². The fraction of sp³-hybridized carbons (Fsp3) is 0.562. The van der Waals surface area contributed by atoms with Crippen LogP contribution in [-0.2, 0) is 9.53 Å². The minimum atomic E-state index is -0.554. The van der Waals surface area contributed by atoms with E-state index in [4.69, 9.17) is 4.74 Å². The van der Waals surface area contributed by atoms with E-state index < -0.39 is 6.04 Å². The van der Waals surface area contributed by atoms with Crippen molar-refractivity contribution in [1.29, 1.82) is 0 Å². The molecule has 0 aliphatic rings. The van der Waals surface area contributed by atoms with Gasteiger partial charge in [0.15, 0.2) is 11.6 Å². The standard InChI is InChI=1S/C16H23NO4/c1-8(2)15(16(20)21-7)17-9(3)13(11(5)18)14(10(17)4)12(6)19/h8,15H,1-7H3/t15-/m1/s1. The molecule has 0 amide bonds. The van der Waals surface area contributed by atoms with Crippen LogP contribution in [0.15, 0.2) is 0 Å². The molecule has 1 heterocycles. The molecule has 116 valence electrons. The van der Waals surface area contributed by atoms with Gasteiger partial charge in [-0.3, -0.25) is 9.59 Å². The van der Waals surface area contributed by atoms with Crippen LogP contribution in [0.25, 0.3) is 0 Å². The molecular weight excluding hydrogens is 270 g/mol. The third kappa shape index (κ3) is 2.91. The van der Waals surface area contributed by atoms with E-state index in [-0.39, 0.29) is 23.5 Å². The lowest BCUT2D eigenvalue weighted by molar-refractivity contribution is -0.146. The summed E-state index contributed by atoms with van der Waals surface area (Å²) in [5, 5.41) is 0. The second-order valence-corrected chi connectivity index (χ2v) is 5.62. The van der Waals surface area contributed by atoms with Gasteiger partial charge in [0, 0.05) is 22.5 Å². The maximum atomic E-state index is 12.1. The normalized spacial score (nSPS) is 12.4. The molecule has 0 aliphatic heterocycles. The Labute approximate surface area is 125 Å². The van der Waals surface area contributed by atoms with Crippen LogP contribution in [0.5, 0.6) is 0 Å². The Hall–Kier alpha value is -1.91. The first kappa shape index (κ1) is 17.1. The molecule has 0 saturated heterocycles. The van der Waals surface area contributed by atoms with Gasteiger partial charge < -0.3 is 9.30 Å². The predicted octanol–water partition coefficient (Wildman–Crippen LogP) is 2.88. The van der Waals surface area contributed by atoms with E-state index in [9.17, 15) is 14.4 Å². The zero-order chi connectivity index (χ0) is 16.5. The predicted molar refractivity (Wildman–Crippen MR) is 79.8 cm³/mol. The minimum absolute atomic E-state index is 0.0260. The Kier molecular flexibility index (Phi) is 5.10. The summed E-state index contributed by atoms with van der Waals surface area (Å²) in [4.78, 5) is 35.9. The van der Waals surface area contributed by atoms with E-state index in [1.807, 2.05) is 13.8 Å². The number of carbonyl (C=O) groups is 3. The largest absolute Gasteiger partial charge is 0.467 e. The Morgan fingerprint density at radius 1 is 0.952 bits per heavy atom. The van der Waals surface area contributed by atoms with Crippen LogP contribution in [0.2, 0.25) is 0 Å². The van der Waals surface area contributed by atoms with Crippen molar-refractivity contribution in [1.82, 2.24) is 4.57 Å². The van der Waals surface area contributed by atoms with E-state index in [0.717, 1.165) is 0 Å². The van der Waals surface area contributed by atoms with Crippen LogP contribution in [0.4, 0.5) is 0 Å². The zero-order valence-corrected chi connectivity index (χ0v) is 13.7. The number of hydrogen-bond acceptors (Lipinski definition) is 4. The molecule has 0 radical (unpaired) electrons. The van der Waals surface area contributed by atoms with Crippen molar-refractivity contribution in [3.8, 4) is 0 Å². The van der Waals surface area contributed by atoms with Crippen molar-refractivity contribution in [3.05, 3.63) is 22.5 Å². The Bertz CT molecular complexity index is 558. The highest BCUT2D eigenvalue weighted by Gasteiger charge is 2.32. The molecule has 1 aromatic heterocycles. The highest BCUT2D eigenvalue weighted by molar-refractivity contribution is 6.09. The van der Waals surface area contributed by atoms with Crippen molar-refractivity contribution in [2.24, 2.45) is 5.92 Å². The van der Waals surface area contributed by atoms with Crippen molar-refractivity contribution < 1.29 is 19.1 Å². The lowest BCUT2D eigenvalue weighted by Crippen LogP contribution is -2.27. The van der Waals surface area contributed by atoms with Gasteiger partial charge in [-0.05, 0) is 33.6 Å². The number of hydrogen-bond donors (Lipinski definition) is 0. The van der Waals surface area contributed by atoms with E-state index in [0.29, 0.717) is 22.5 Å². The molecule has 0 saturated carbocycles. The number of ether oxygens (including phenoxy) is 1. The first-order valence-electron chi connectivity index (χ1n) is 6.96. The van der Waals surface area contributed by atoms with Gasteiger partial charge in [0.2, 0.25) is 0 Å². The summed E-state index contributed by atoms with van der Waals surface area (Å²) in [5.41, 5.74) is 2.06. The van der Waals surface area contributed by atoms with Crippen molar-refractivity contribution in [2.45, 2.75) is 47.6 Å². The van der Waals surface area contributed by atoms with Gasteiger partial charge in [-0.25, -0.2) is 4.79 Å². The molecule has 0 fully saturated rings. The molecule has 0 aliphatic carbocycles. The molecular formula is C16H23NO4. The maximum Gasteiger partial charge on any atom is 0.329 e. The van der Waals surface area contributed by atoms with Crippen LogP contribution < -0.4 is 0 Å². The number of nitrogens with zero attached hydrogens (tertiary/aromatic N) is 1. The quantitative estimate of drug-likeness (QED) is 0.618. The molecule has 1 aromatic rings. The van der Waals surface area contributed by atoms with Gasteiger partial charge in [-0.2, -0.15) is 0 Å². The summed E-state index contributed by atoms with van der Waals surface area (Å²) in [7, 11) is 1.34. The zero-order valence-electron chi connectivity index (χ0n) is 13.7. The molecule has 0 unspecified atom stereocenters. The number of aromatic nitrogens is 1. The molecule has 5 heteroatoms. The third-order valence-electron chi connectivity index (χ3n) is 3.75. The first-order chi connectivity index (χ1) is 9.64. The summed E-state index contributed by atoms with van der Waals surface area (Å²) in [6.07, 6.45) is 0. The number of methoxy groups -OCH3 is 1. The van der Waals surface area contributed by atoms with E-state index in [2.05, 4.69) is 0 Å². The molecule has 0 spiro atoms. The fourth-order valence-electron chi connectivity index (χ4n) is 2.93. The minimum Gasteiger partial charge on any atom is -0.467 e. The van der Waals surface area contributed by atoms with Gasteiger partial charge in [0.25, 0.3) is 0 Å². The lowest BCUT2D eigenvalue weighted by atomic mass is 10.0. The van der Waals surface area contributed by atoms with E-state index in [1.54, 1.807) is 18.4 Å². The van der Waals surface area contributed by atoms with Gasteiger partial charge >= 0.3 is 5.97 Å². The maximum absolute atomic E-state index is 12.1. The lowest BCUT2D eigenvalue weighted by Gasteiger charge is -2.23. The number of ketones is 2. The summed E-state index contributed by atoms with van der Waals surface area (Å²) < 4.78 is 6.63. The second-order valence-electron chi connectivity index (χ2n) is 5.62. The Morgan fingerprint density at radius 3 is 1.57 bits per heavy atom. The van der Waals surface area contributed by atoms with Gasteiger partial charge in [-0.15, -0.1) is 0 Å². The first-order valence-corrected chi connectivity index (χ1v) is 6.96. The van der Waals surface area contributed by atoms with Crippen LogP contribution in [0.3, 0.4) is 0 Å². The summed E-state index contributed by atoms with van der Waals surface area (Å²) in [6, 6.07) is -0.554. The van der Waals surface area contributed by atoms with Crippen LogP contribution in [0, 0.1) is 19.8 Å². The SMILES string of the molecule is COC(=O)[C@@H](C(C)C)n1c(C)c(C(C)=O)c(C(C)=O)c1C. The molecule has 1 rings (SSSR count). The molecule has 1 atom stereocenters. The molecule has 21 heavy (non-hydrogen) atoms. The van der Waals surface area contributed by atoms with Crippen LogP contribution in [-0.4, -0.2) is 29.2 Å². The van der Waals surface area contributed by atoms with Gasteiger partial charge in [-0.1, -0.05) is 13.8 Å². The van der Waals surface area contributed by atoms with Gasteiger partial charge in [0.1, 0.15) is 6.04 Å². The monoisotopic (exact) mass is 293 g/mol. The second kappa shape index (κ2) is 6.24. The summed E-state index contributed by atoms with van der Waals surface area (Å²) in [6.45, 7) is 10.2. The topological polar surface area (TPSA) is 65.4 Å². The molecule has 0 aromatic carbocycles. The smallest absolute Gasteiger partial charge is 0.329 e. The molecule has 0 N–H and O–H groups in total. The average Bonchev–Trinajstić information content (AvgIpc) is 2.62.